The van der Waals surface area contributed by atoms with Crippen LogP contribution in [-0.2, 0) is 0 Å². The summed E-state index contributed by atoms with van der Waals surface area (Å²) >= 11 is 0. The van der Waals surface area contributed by atoms with Gasteiger partial charge in [0.05, 0.1) is 5.69 Å². The average molecular weight is 213 g/mol. The lowest BCUT2D eigenvalue weighted by atomic mass is 10.3. The standard InChI is InChI=1S/C9H9F2N3O/c10-9(11)8(15)5-14-6-2-1-3-13-7(6)4-12/h1-3,8-9,14-15H,5H2. The summed E-state index contributed by atoms with van der Waals surface area (Å²) in [6, 6.07) is 4.90. The number of halogens is 2. The molecule has 1 unspecified atom stereocenters. The highest BCUT2D eigenvalue weighted by molar-refractivity contribution is 5.53. The van der Waals surface area contributed by atoms with Crippen molar-refractivity contribution in [2.45, 2.75) is 12.5 Å². The number of aliphatic hydroxyl groups is 1. The van der Waals surface area contributed by atoms with Crippen molar-refractivity contribution in [2.24, 2.45) is 0 Å². The predicted molar refractivity (Wildman–Crippen MR) is 49.5 cm³/mol. The summed E-state index contributed by atoms with van der Waals surface area (Å²) in [5.41, 5.74) is 0.443. The van der Waals surface area contributed by atoms with Crippen molar-refractivity contribution >= 4 is 5.69 Å². The van der Waals surface area contributed by atoms with Gasteiger partial charge in [-0.15, -0.1) is 0 Å². The first-order valence-corrected chi connectivity index (χ1v) is 4.20. The molecule has 0 radical (unpaired) electrons. The molecule has 0 spiro atoms. The number of anilines is 1. The van der Waals surface area contributed by atoms with E-state index in [9.17, 15) is 8.78 Å². The Morgan fingerprint density at radius 2 is 2.33 bits per heavy atom. The van der Waals surface area contributed by atoms with Gasteiger partial charge in [-0.25, -0.2) is 13.8 Å². The molecule has 0 aliphatic rings. The SMILES string of the molecule is N#Cc1ncccc1NCC(O)C(F)F. The molecule has 0 saturated heterocycles. The average Bonchev–Trinajstić information content (AvgIpc) is 2.26. The number of aromatic nitrogens is 1. The van der Waals surface area contributed by atoms with Gasteiger partial charge in [0.25, 0.3) is 6.43 Å². The van der Waals surface area contributed by atoms with Gasteiger partial charge >= 0.3 is 0 Å². The fourth-order valence-corrected chi connectivity index (χ4v) is 0.941. The second kappa shape index (κ2) is 5.22. The molecular weight excluding hydrogens is 204 g/mol. The second-order valence-electron chi connectivity index (χ2n) is 2.79. The molecule has 0 saturated carbocycles. The molecule has 0 aromatic carbocycles. The summed E-state index contributed by atoms with van der Waals surface area (Å²) in [6.07, 6.45) is -3.13. The number of rotatable bonds is 4. The Morgan fingerprint density at radius 1 is 1.60 bits per heavy atom. The largest absolute Gasteiger partial charge is 0.385 e. The van der Waals surface area contributed by atoms with E-state index in [0.29, 0.717) is 5.69 Å². The monoisotopic (exact) mass is 213 g/mol. The molecule has 0 fully saturated rings. The first kappa shape index (κ1) is 11.3. The zero-order valence-corrected chi connectivity index (χ0v) is 7.69. The summed E-state index contributed by atoms with van der Waals surface area (Å²) in [4.78, 5) is 3.73. The van der Waals surface area contributed by atoms with E-state index in [1.807, 2.05) is 0 Å². The van der Waals surface area contributed by atoms with Crippen LogP contribution in [-0.4, -0.2) is 29.2 Å². The lowest BCUT2D eigenvalue weighted by Crippen LogP contribution is -2.27. The highest BCUT2D eigenvalue weighted by atomic mass is 19.3. The lowest BCUT2D eigenvalue weighted by Gasteiger charge is -2.11. The number of nitriles is 1. The minimum Gasteiger partial charge on any atom is -0.385 e. The van der Waals surface area contributed by atoms with Crippen molar-refractivity contribution in [1.82, 2.24) is 4.98 Å². The van der Waals surface area contributed by atoms with Crippen LogP contribution in [0.3, 0.4) is 0 Å². The van der Waals surface area contributed by atoms with Gasteiger partial charge in [0.1, 0.15) is 12.2 Å². The first-order valence-electron chi connectivity index (χ1n) is 4.20. The molecule has 6 heteroatoms. The summed E-state index contributed by atoms with van der Waals surface area (Å²) in [5.74, 6) is 0. The Bertz CT molecular complexity index is 365. The number of aliphatic hydroxyl groups excluding tert-OH is 1. The van der Waals surface area contributed by atoms with Crippen LogP contribution in [0, 0.1) is 11.3 Å². The first-order chi connectivity index (χ1) is 7.15. The van der Waals surface area contributed by atoms with Crippen LogP contribution in [0.4, 0.5) is 14.5 Å². The van der Waals surface area contributed by atoms with Gasteiger partial charge in [-0.3, -0.25) is 0 Å². The lowest BCUT2D eigenvalue weighted by molar-refractivity contribution is 0.00384. The van der Waals surface area contributed by atoms with Gasteiger partial charge in [0.2, 0.25) is 0 Å². The molecule has 1 aromatic heterocycles. The van der Waals surface area contributed by atoms with E-state index in [2.05, 4.69) is 10.3 Å². The molecule has 1 atom stereocenters. The zero-order valence-electron chi connectivity index (χ0n) is 7.69. The highest BCUT2D eigenvalue weighted by Gasteiger charge is 2.16. The maximum Gasteiger partial charge on any atom is 0.265 e. The molecule has 1 aromatic rings. The highest BCUT2D eigenvalue weighted by Crippen LogP contribution is 2.11. The smallest absolute Gasteiger partial charge is 0.265 e. The Labute approximate surface area is 85.2 Å². The third-order valence-corrected chi connectivity index (χ3v) is 1.71. The number of nitrogens with one attached hydrogen (secondary N) is 1. The Kier molecular flexibility index (Phi) is 3.94. The number of nitrogens with zero attached hydrogens (tertiary/aromatic N) is 2. The van der Waals surface area contributed by atoms with E-state index >= 15 is 0 Å². The molecular formula is C9H9F2N3O. The Morgan fingerprint density at radius 3 is 2.93 bits per heavy atom. The van der Waals surface area contributed by atoms with Crippen LogP contribution in [0.2, 0.25) is 0 Å². The normalized spacial score (nSPS) is 12.2. The van der Waals surface area contributed by atoms with Gasteiger partial charge in [0, 0.05) is 12.7 Å². The Balaban J connectivity index is 2.62. The third-order valence-electron chi connectivity index (χ3n) is 1.71. The summed E-state index contributed by atoms with van der Waals surface area (Å²) in [5, 5.41) is 20.0. The van der Waals surface area contributed by atoms with Crippen LogP contribution < -0.4 is 5.32 Å². The minimum atomic E-state index is -2.81. The van der Waals surface area contributed by atoms with Gasteiger partial charge in [-0.05, 0) is 12.1 Å². The summed E-state index contributed by atoms with van der Waals surface area (Å²) in [6.45, 7) is -0.321. The minimum absolute atomic E-state index is 0.110. The molecule has 2 N–H and O–H groups in total. The third kappa shape index (κ3) is 3.14. The number of alkyl halides is 2. The maximum atomic E-state index is 11.9. The zero-order chi connectivity index (χ0) is 11.3. The predicted octanol–water partition coefficient (Wildman–Crippen LogP) is 0.991. The molecule has 0 aliphatic carbocycles. The number of pyridine rings is 1. The van der Waals surface area contributed by atoms with E-state index in [1.165, 1.54) is 12.3 Å². The van der Waals surface area contributed by atoms with Crippen molar-refractivity contribution in [3.63, 3.8) is 0 Å². The van der Waals surface area contributed by atoms with Crippen LogP contribution >= 0.6 is 0 Å². The van der Waals surface area contributed by atoms with E-state index in [4.69, 9.17) is 10.4 Å². The topological polar surface area (TPSA) is 68.9 Å². The van der Waals surface area contributed by atoms with Crippen molar-refractivity contribution in [3.8, 4) is 6.07 Å². The van der Waals surface area contributed by atoms with Crippen molar-refractivity contribution < 1.29 is 13.9 Å². The van der Waals surface area contributed by atoms with Crippen LogP contribution in [0.15, 0.2) is 18.3 Å². The van der Waals surface area contributed by atoms with Crippen LogP contribution in [0.25, 0.3) is 0 Å². The van der Waals surface area contributed by atoms with E-state index in [-0.39, 0.29) is 12.2 Å². The molecule has 15 heavy (non-hydrogen) atoms. The van der Waals surface area contributed by atoms with Crippen molar-refractivity contribution in [3.05, 3.63) is 24.0 Å². The van der Waals surface area contributed by atoms with Gasteiger partial charge in [0.15, 0.2) is 5.69 Å². The van der Waals surface area contributed by atoms with Crippen molar-refractivity contribution in [2.75, 3.05) is 11.9 Å². The fourth-order valence-electron chi connectivity index (χ4n) is 0.941. The van der Waals surface area contributed by atoms with Crippen molar-refractivity contribution in [1.29, 1.82) is 5.26 Å². The molecule has 1 rings (SSSR count). The summed E-state index contributed by atoms with van der Waals surface area (Å²) in [7, 11) is 0. The Hall–Kier alpha value is -1.74. The molecule has 0 bridgehead atoms. The molecule has 0 amide bonds. The maximum absolute atomic E-state index is 11.9. The van der Waals surface area contributed by atoms with E-state index < -0.39 is 12.5 Å². The molecule has 80 valence electrons. The fraction of sp³-hybridized carbons (Fsp3) is 0.333. The van der Waals surface area contributed by atoms with E-state index in [1.54, 1.807) is 12.1 Å². The molecule has 1 heterocycles. The van der Waals surface area contributed by atoms with Crippen LogP contribution in [0.1, 0.15) is 5.69 Å². The number of hydrogen-bond acceptors (Lipinski definition) is 4. The second-order valence-corrected chi connectivity index (χ2v) is 2.79. The summed E-state index contributed by atoms with van der Waals surface area (Å²) < 4.78 is 23.9. The van der Waals surface area contributed by atoms with Gasteiger partial charge in [-0.2, -0.15) is 5.26 Å². The quantitative estimate of drug-likeness (QED) is 0.782. The number of hydrogen-bond donors (Lipinski definition) is 2. The molecule has 4 nitrogen and oxygen atoms in total. The van der Waals surface area contributed by atoms with Gasteiger partial charge < -0.3 is 10.4 Å². The molecule has 0 aliphatic heterocycles. The van der Waals surface area contributed by atoms with Gasteiger partial charge in [-0.1, -0.05) is 0 Å². The van der Waals surface area contributed by atoms with Crippen LogP contribution in [0.5, 0.6) is 0 Å². The van der Waals surface area contributed by atoms with E-state index in [0.717, 1.165) is 0 Å².